The van der Waals surface area contributed by atoms with Crippen LogP contribution in [0, 0.1) is 0 Å². The number of ether oxygens (including phenoxy) is 1. The maximum absolute atomic E-state index is 5.24. The zero-order valence-corrected chi connectivity index (χ0v) is 12.3. The van der Waals surface area contributed by atoms with Crippen molar-refractivity contribution < 1.29 is 4.74 Å². The fourth-order valence-corrected chi connectivity index (χ4v) is 1.07. The Balaban J connectivity index is 0. The van der Waals surface area contributed by atoms with E-state index < -0.39 is 0 Å². The molecule has 0 aliphatic heterocycles. The molecule has 0 unspecified atom stereocenters. The van der Waals surface area contributed by atoms with Crippen molar-refractivity contribution in [3.05, 3.63) is 0 Å². The zero-order valence-electron chi connectivity index (χ0n) is 10.0. The van der Waals surface area contributed by atoms with Gasteiger partial charge in [-0.25, -0.2) is 0 Å². The Morgan fingerprint density at radius 1 is 1.20 bits per heavy atom. The third-order valence-corrected chi connectivity index (χ3v) is 1.78. The molecule has 0 amide bonds. The predicted molar refractivity (Wildman–Crippen MR) is 76.2 cm³/mol. The lowest BCUT2D eigenvalue weighted by molar-refractivity contribution is 0.143. The number of aliphatic imine (C=N–C) groups is 1. The first-order chi connectivity index (χ1) is 6.85. The van der Waals surface area contributed by atoms with Gasteiger partial charge < -0.3 is 15.4 Å². The van der Waals surface area contributed by atoms with Crippen molar-refractivity contribution in [2.75, 3.05) is 33.4 Å². The number of rotatable bonds is 7. The molecule has 0 aromatic carbocycles. The van der Waals surface area contributed by atoms with Crippen molar-refractivity contribution in [1.29, 1.82) is 0 Å². The number of hydrogen-bond acceptors (Lipinski definition) is 2. The molecule has 4 nitrogen and oxygen atoms in total. The van der Waals surface area contributed by atoms with E-state index in [9.17, 15) is 0 Å². The van der Waals surface area contributed by atoms with Crippen molar-refractivity contribution in [2.45, 2.75) is 26.7 Å². The Labute approximate surface area is 110 Å². The smallest absolute Gasteiger partial charge is 0.190 e. The molecule has 0 radical (unpaired) electrons. The van der Waals surface area contributed by atoms with Gasteiger partial charge >= 0.3 is 0 Å². The van der Waals surface area contributed by atoms with E-state index in [-0.39, 0.29) is 24.0 Å². The minimum absolute atomic E-state index is 0. The highest BCUT2D eigenvalue weighted by Gasteiger charge is 1.93. The Kier molecular flexibility index (Phi) is 16.2. The van der Waals surface area contributed by atoms with Crippen LogP contribution in [0.4, 0.5) is 0 Å². The van der Waals surface area contributed by atoms with Gasteiger partial charge in [-0.2, -0.15) is 0 Å². The van der Waals surface area contributed by atoms with E-state index in [4.69, 9.17) is 4.74 Å². The third kappa shape index (κ3) is 11.9. The molecule has 15 heavy (non-hydrogen) atoms. The van der Waals surface area contributed by atoms with Crippen LogP contribution in [0.3, 0.4) is 0 Å². The molecule has 0 aliphatic carbocycles. The lowest BCUT2D eigenvalue weighted by Crippen LogP contribution is -2.37. The minimum atomic E-state index is 0. The van der Waals surface area contributed by atoms with Gasteiger partial charge in [0.25, 0.3) is 0 Å². The third-order valence-electron chi connectivity index (χ3n) is 1.78. The summed E-state index contributed by atoms with van der Waals surface area (Å²) in [6.45, 7) is 7.60. The van der Waals surface area contributed by atoms with Crippen LogP contribution in [-0.2, 0) is 4.74 Å². The Morgan fingerprint density at radius 2 is 1.93 bits per heavy atom. The summed E-state index contributed by atoms with van der Waals surface area (Å²) in [6.07, 6.45) is 2.22. The molecule has 0 aromatic heterocycles. The molecule has 0 rings (SSSR count). The maximum Gasteiger partial charge on any atom is 0.190 e. The highest BCUT2D eigenvalue weighted by molar-refractivity contribution is 14.0. The van der Waals surface area contributed by atoms with Crippen LogP contribution in [0.25, 0.3) is 0 Å². The number of guanidine groups is 1. The van der Waals surface area contributed by atoms with Crippen LogP contribution < -0.4 is 10.6 Å². The van der Waals surface area contributed by atoms with Gasteiger partial charge in [0.2, 0.25) is 0 Å². The SMILES string of the molecule is CCNC(=NC)NCCCCOCC.I. The number of halogens is 1. The van der Waals surface area contributed by atoms with Crippen LogP contribution in [-0.4, -0.2) is 39.3 Å². The molecule has 5 heteroatoms. The molecule has 0 saturated heterocycles. The van der Waals surface area contributed by atoms with Crippen molar-refractivity contribution in [1.82, 2.24) is 10.6 Å². The van der Waals surface area contributed by atoms with Gasteiger partial charge in [-0.1, -0.05) is 0 Å². The molecule has 0 bridgehead atoms. The maximum atomic E-state index is 5.24. The molecule has 0 atom stereocenters. The number of hydrogen-bond donors (Lipinski definition) is 2. The summed E-state index contributed by atoms with van der Waals surface area (Å²) in [7, 11) is 1.78. The van der Waals surface area contributed by atoms with Crippen molar-refractivity contribution >= 4 is 29.9 Å². The molecular formula is C10H24IN3O. The summed E-state index contributed by atoms with van der Waals surface area (Å²) in [6, 6.07) is 0. The summed E-state index contributed by atoms with van der Waals surface area (Å²) < 4.78 is 5.24. The van der Waals surface area contributed by atoms with Crippen molar-refractivity contribution in [2.24, 2.45) is 4.99 Å². The highest BCUT2D eigenvalue weighted by Crippen LogP contribution is 1.87. The van der Waals surface area contributed by atoms with Crippen LogP contribution in [0.2, 0.25) is 0 Å². The van der Waals surface area contributed by atoms with Gasteiger partial charge in [0.15, 0.2) is 5.96 Å². The Bertz CT molecular complexity index is 154. The lowest BCUT2D eigenvalue weighted by atomic mass is 10.3. The minimum Gasteiger partial charge on any atom is -0.382 e. The molecule has 0 aromatic rings. The Hall–Kier alpha value is -0.0400. The first kappa shape index (κ1) is 17.4. The Morgan fingerprint density at radius 3 is 2.47 bits per heavy atom. The summed E-state index contributed by atoms with van der Waals surface area (Å²) in [5.41, 5.74) is 0. The van der Waals surface area contributed by atoms with E-state index in [1.54, 1.807) is 7.05 Å². The van der Waals surface area contributed by atoms with Gasteiger partial charge in [0.1, 0.15) is 0 Å². The fourth-order valence-electron chi connectivity index (χ4n) is 1.07. The number of nitrogens with one attached hydrogen (secondary N) is 2. The normalized spacial score (nSPS) is 10.7. The highest BCUT2D eigenvalue weighted by atomic mass is 127. The van der Waals surface area contributed by atoms with Crippen LogP contribution in [0.1, 0.15) is 26.7 Å². The van der Waals surface area contributed by atoms with E-state index in [1.807, 2.05) is 6.92 Å². The first-order valence-corrected chi connectivity index (χ1v) is 5.37. The van der Waals surface area contributed by atoms with E-state index >= 15 is 0 Å². The van der Waals surface area contributed by atoms with E-state index in [0.717, 1.165) is 45.1 Å². The molecule has 0 spiro atoms. The largest absolute Gasteiger partial charge is 0.382 e. The molecule has 0 fully saturated rings. The van der Waals surface area contributed by atoms with Gasteiger partial charge in [-0.15, -0.1) is 24.0 Å². The van der Waals surface area contributed by atoms with Crippen molar-refractivity contribution in [3.8, 4) is 0 Å². The molecule has 0 aliphatic rings. The number of unbranched alkanes of at least 4 members (excludes halogenated alkanes) is 1. The summed E-state index contributed by atoms with van der Waals surface area (Å²) in [4.78, 5) is 4.07. The van der Waals surface area contributed by atoms with Gasteiger partial charge in [0.05, 0.1) is 0 Å². The second-order valence-corrected chi connectivity index (χ2v) is 2.93. The average molecular weight is 329 g/mol. The second kappa shape index (κ2) is 14.0. The van der Waals surface area contributed by atoms with E-state index in [1.165, 1.54) is 0 Å². The summed E-state index contributed by atoms with van der Waals surface area (Å²) >= 11 is 0. The lowest BCUT2D eigenvalue weighted by Gasteiger charge is -2.09. The van der Waals surface area contributed by atoms with Gasteiger partial charge in [-0.3, -0.25) is 4.99 Å². The molecule has 0 saturated carbocycles. The second-order valence-electron chi connectivity index (χ2n) is 2.93. The fraction of sp³-hybridized carbons (Fsp3) is 0.900. The van der Waals surface area contributed by atoms with Gasteiger partial charge in [0, 0.05) is 33.4 Å². The van der Waals surface area contributed by atoms with Crippen molar-refractivity contribution in [3.63, 3.8) is 0 Å². The standard InChI is InChI=1S/C10H23N3O.HI/c1-4-12-10(11-3)13-8-6-7-9-14-5-2;/h4-9H2,1-3H3,(H2,11,12,13);1H. The predicted octanol–water partition coefficient (Wildman–Crippen LogP) is 1.61. The van der Waals surface area contributed by atoms with Crippen LogP contribution >= 0.6 is 24.0 Å². The van der Waals surface area contributed by atoms with Crippen LogP contribution in [0.5, 0.6) is 0 Å². The molecule has 2 N–H and O–H groups in total. The average Bonchev–Trinajstić information content (AvgIpc) is 2.21. The molecule has 0 heterocycles. The summed E-state index contributed by atoms with van der Waals surface area (Å²) in [5.74, 6) is 0.879. The van der Waals surface area contributed by atoms with E-state index in [0.29, 0.717) is 0 Å². The first-order valence-electron chi connectivity index (χ1n) is 5.37. The quantitative estimate of drug-likeness (QED) is 0.323. The molecular weight excluding hydrogens is 305 g/mol. The van der Waals surface area contributed by atoms with Gasteiger partial charge in [-0.05, 0) is 26.7 Å². The monoisotopic (exact) mass is 329 g/mol. The number of nitrogens with zero attached hydrogens (tertiary/aromatic N) is 1. The van der Waals surface area contributed by atoms with E-state index in [2.05, 4.69) is 22.5 Å². The molecule has 92 valence electrons. The van der Waals surface area contributed by atoms with Crippen LogP contribution in [0.15, 0.2) is 4.99 Å². The topological polar surface area (TPSA) is 45.7 Å². The summed E-state index contributed by atoms with van der Waals surface area (Å²) in [5, 5.41) is 6.37. The zero-order chi connectivity index (χ0) is 10.6.